The zero-order chi connectivity index (χ0) is 12.4. The third-order valence-corrected chi connectivity index (χ3v) is 4.88. The van der Waals surface area contributed by atoms with Crippen molar-refractivity contribution in [2.24, 2.45) is 0 Å². The standard InChI is InChI=1S/C14H25N3O/c18-14(15-12-4-3-5-12)17-10-8-16(9-11-17)13-6-1-2-7-13/h12-13H,1-11H2,(H,15,18). The Kier molecular flexibility index (Phi) is 3.73. The van der Waals surface area contributed by atoms with Gasteiger partial charge in [0, 0.05) is 38.3 Å². The zero-order valence-corrected chi connectivity index (χ0v) is 11.2. The number of hydrogen-bond donors (Lipinski definition) is 1. The van der Waals surface area contributed by atoms with Crippen LogP contribution >= 0.6 is 0 Å². The summed E-state index contributed by atoms with van der Waals surface area (Å²) in [5.41, 5.74) is 0. The predicted octanol–water partition coefficient (Wildman–Crippen LogP) is 1.81. The van der Waals surface area contributed by atoms with E-state index in [9.17, 15) is 4.79 Å². The number of urea groups is 1. The molecule has 4 heteroatoms. The van der Waals surface area contributed by atoms with Gasteiger partial charge in [0.15, 0.2) is 0 Å². The molecule has 0 aromatic rings. The molecular weight excluding hydrogens is 226 g/mol. The molecule has 3 rings (SSSR count). The van der Waals surface area contributed by atoms with Crippen LogP contribution < -0.4 is 5.32 Å². The van der Waals surface area contributed by atoms with Gasteiger partial charge in [-0.2, -0.15) is 0 Å². The molecule has 18 heavy (non-hydrogen) atoms. The quantitative estimate of drug-likeness (QED) is 0.812. The number of nitrogens with one attached hydrogen (secondary N) is 1. The molecule has 0 aromatic heterocycles. The van der Waals surface area contributed by atoms with Gasteiger partial charge < -0.3 is 10.2 Å². The molecule has 2 saturated carbocycles. The lowest BCUT2D eigenvalue weighted by molar-refractivity contribution is 0.106. The van der Waals surface area contributed by atoms with Crippen LogP contribution in [0.2, 0.25) is 0 Å². The minimum absolute atomic E-state index is 0.172. The summed E-state index contributed by atoms with van der Waals surface area (Å²) >= 11 is 0. The maximum atomic E-state index is 12.0. The Morgan fingerprint density at radius 1 is 0.889 bits per heavy atom. The van der Waals surface area contributed by atoms with E-state index in [1.807, 2.05) is 4.90 Å². The highest BCUT2D eigenvalue weighted by atomic mass is 16.2. The van der Waals surface area contributed by atoms with Gasteiger partial charge in [-0.15, -0.1) is 0 Å². The average molecular weight is 251 g/mol. The predicted molar refractivity (Wildman–Crippen MR) is 71.6 cm³/mol. The van der Waals surface area contributed by atoms with Gasteiger partial charge in [-0.3, -0.25) is 4.90 Å². The average Bonchev–Trinajstić information content (AvgIpc) is 2.87. The van der Waals surface area contributed by atoms with Crippen LogP contribution in [0.1, 0.15) is 44.9 Å². The molecule has 2 aliphatic carbocycles. The summed E-state index contributed by atoms with van der Waals surface area (Å²) in [5, 5.41) is 3.14. The lowest BCUT2D eigenvalue weighted by Gasteiger charge is -2.39. The number of carbonyl (C=O) groups is 1. The van der Waals surface area contributed by atoms with Crippen molar-refractivity contribution in [1.29, 1.82) is 0 Å². The molecule has 3 fully saturated rings. The van der Waals surface area contributed by atoms with Crippen molar-refractivity contribution >= 4 is 6.03 Å². The van der Waals surface area contributed by atoms with E-state index in [4.69, 9.17) is 0 Å². The Morgan fingerprint density at radius 3 is 2.11 bits per heavy atom. The van der Waals surface area contributed by atoms with Crippen LogP contribution in [0.15, 0.2) is 0 Å². The first kappa shape index (κ1) is 12.3. The maximum absolute atomic E-state index is 12.0. The number of carbonyl (C=O) groups excluding carboxylic acids is 1. The second-order valence-electron chi connectivity index (χ2n) is 6.04. The van der Waals surface area contributed by atoms with Crippen molar-refractivity contribution in [1.82, 2.24) is 15.1 Å². The largest absolute Gasteiger partial charge is 0.335 e. The molecule has 4 nitrogen and oxygen atoms in total. The molecule has 0 bridgehead atoms. The van der Waals surface area contributed by atoms with Crippen molar-refractivity contribution < 1.29 is 4.79 Å². The second-order valence-corrected chi connectivity index (χ2v) is 6.04. The Labute approximate surface area is 110 Å². The number of piperazine rings is 1. The molecule has 1 heterocycles. The number of nitrogens with zero attached hydrogens (tertiary/aromatic N) is 2. The highest BCUT2D eigenvalue weighted by molar-refractivity contribution is 5.74. The zero-order valence-electron chi connectivity index (χ0n) is 11.2. The van der Waals surface area contributed by atoms with Crippen LogP contribution in [0.5, 0.6) is 0 Å². The van der Waals surface area contributed by atoms with E-state index in [1.54, 1.807) is 0 Å². The van der Waals surface area contributed by atoms with Crippen LogP contribution in [0, 0.1) is 0 Å². The van der Waals surface area contributed by atoms with E-state index < -0.39 is 0 Å². The van der Waals surface area contributed by atoms with Crippen molar-refractivity contribution in [3.63, 3.8) is 0 Å². The van der Waals surface area contributed by atoms with Gasteiger partial charge in [-0.1, -0.05) is 12.8 Å². The van der Waals surface area contributed by atoms with Crippen LogP contribution in [0.4, 0.5) is 4.79 Å². The van der Waals surface area contributed by atoms with Crippen molar-refractivity contribution in [3.05, 3.63) is 0 Å². The molecule has 1 aliphatic heterocycles. The van der Waals surface area contributed by atoms with Crippen molar-refractivity contribution in [2.75, 3.05) is 26.2 Å². The minimum Gasteiger partial charge on any atom is -0.335 e. The Morgan fingerprint density at radius 2 is 1.56 bits per heavy atom. The van der Waals surface area contributed by atoms with Crippen molar-refractivity contribution in [3.8, 4) is 0 Å². The summed E-state index contributed by atoms with van der Waals surface area (Å²) in [4.78, 5) is 16.6. The first-order chi connectivity index (χ1) is 8.83. The van der Waals surface area contributed by atoms with E-state index in [0.717, 1.165) is 32.2 Å². The van der Waals surface area contributed by atoms with Gasteiger partial charge in [0.25, 0.3) is 0 Å². The van der Waals surface area contributed by atoms with E-state index in [2.05, 4.69) is 10.2 Å². The molecule has 102 valence electrons. The third kappa shape index (κ3) is 2.63. The fourth-order valence-corrected chi connectivity index (χ4v) is 3.38. The summed E-state index contributed by atoms with van der Waals surface area (Å²) in [6.07, 6.45) is 9.16. The molecule has 2 amide bonds. The van der Waals surface area contributed by atoms with Gasteiger partial charge in [0.05, 0.1) is 0 Å². The fourth-order valence-electron chi connectivity index (χ4n) is 3.38. The van der Waals surface area contributed by atoms with Crippen LogP contribution in [-0.2, 0) is 0 Å². The summed E-state index contributed by atoms with van der Waals surface area (Å²) in [6.45, 7) is 3.97. The molecule has 0 aromatic carbocycles. The number of amides is 2. The van der Waals surface area contributed by atoms with Crippen LogP contribution in [-0.4, -0.2) is 54.1 Å². The lowest BCUT2D eigenvalue weighted by atomic mass is 9.93. The van der Waals surface area contributed by atoms with Crippen LogP contribution in [0.25, 0.3) is 0 Å². The third-order valence-electron chi connectivity index (χ3n) is 4.88. The Bertz CT molecular complexity index is 289. The summed E-state index contributed by atoms with van der Waals surface area (Å²) < 4.78 is 0. The van der Waals surface area contributed by atoms with Gasteiger partial charge in [0.2, 0.25) is 0 Å². The lowest BCUT2D eigenvalue weighted by Crippen LogP contribution is -2.55. The molecule has 3 aliphatic rings. The number of rotatable bonds is 2. The summed E-state index contributed by atoms with van der Waals surface area (Å²) in [5.74, 6) is 0. The molecule has 0 radical (unpaired) electrons. The smallest absolute Gasteiger partial charge is 0.317 e. The second kappa shape index (κ2) is 5.47. The Balaban J connectivity index is 1.42. The van der Waals surface area contributed by atoms with Gasteiger partial charge in [-0.05, 0) is 32.1 Å². The molecular formula is C14H25N3O. The van der Waals surface area contributed by atoms with Gasteiger partial charge in [-0.25, -0.2) is 4.79 Å². The fraction of sp³-hybridized carbons (Fsp3) is 0.929. The molecule has 0 spiro atoms. The SMILES string of the molecule is O=C(NC1CCC1)N1CCN(C2CCCC2)CC1. The van der Waals surface area contributed by atoms with Gasteiger partial charge in [0.1, 0.15) is 0 Å². The monoisotopic (exact) mass is 251 g/mol. The number of hydrogen-bond acceptors (Lipinski definition) is 2. The first-order valence-corrected chi connectivity index (χ1v) is 7.62. The van der Waals surface area contributed by atoms with E-state index in [0.29, 0.717) is 6.04 Å². The highest BCUT2D eigenvalue weighted by Gasteiger charge is 2.29. The molecule has 1 N–H and O–H groups in total. The first-order valence-electron chi connectivity index (χ1n) is 7.62. The topological polar surface area (TPSA) is 35.6 Å². The van der Waals surface area contributed by atoms with E-state index >= 15 is 0 Å². The molecule has 0 atom stereocenters. The highest BCUT2D eigenvalue weighted by Crippen LogP contribution is 2.24. The van der Waals surface area contributed by atoms with E-state index in [1.165, 1.54) is 44.9 Å². The normalized spacial score (nSPS) is 27.2. The van der Waals surface area contributed by atoms with Crippen LogP contribution in [0.3, 0.4) is 0 Å². The summed E-state index contributed by atoms with van der Waals surface area (Å²) in [7, 11) is 0. The summed E-state index contributed by atoms with van der Waals surface area (Å²) in [6, 6.07) is 1.44. The Hall–Kier alpha value is -0.770. The van der Waals surface area contributed by atoms with E-state index in [-0.39, 0.29) is 6.03 Å². The van der Waals surface area contributed by atoms with Gasteiger partial charge >= 0.3 is 6.03 Å². The van der Waals surface area contributed by atoms with Crippen molar-refractivity contribution in [2.45, 2.75) is 57.0 Å². The molecule has 1 saturated heterocycles. The minimum atomic E-state index is 0.172. The maximum Gasteiger partial charge on any atom is 0.317 e. The molecule has 0 unspecified atom stereocenters.